The van der Waals surface area contributed by atoms with Crippen molar-refractivity contribution in [3.8, 4) is 0 Å². The molecule has 0 saturated carbocycles. The fourth-order valence-electron chi connectivity index (χ4n) is 2.75. The van der Waals surface area contributed by atoms with Crippen molar-refractivity contribution in [2.45, 2.75) is 13.0 Å². The summed E-state index contributed by atoms with van der Waals surface area (Å²) >= 11 is 6.36. The zero-order valence-electron chi connectivity index (χ0n) is 13.8. The first-order chi connectivity index (χ1) is 12.1. The highest BCUT2D eigenvalue weighted by Crippen LogP contribution is 2.23. The molecule has 3 rings (SSSR count). The van der Waals surface area contributed by atoms with Gasteiger partial charge < -0.3 is 10.1 Å². The lowest BCUT2D eigenvalue weighted by Gasteiger charge is -2.27. The maximum absolute atomic E-state index is 12.9. The van der Waals surface area contributed by atoms with E-state index < -0.39 is 0 Å². The quantitative estimate of drug-likeness (QED) is 0.885. The topological polar surface area (TPSA) is 41.6 Å². The van der Waals surface area contributed by atoms with Gasteiger partial charge in [0.25, 0.3) is 0 Å². The summed E-state index contributed by atoms with van der Waals surface area (Å²) in [6.45, 7) is 4.05. The van der Waals surface area contributed by atoms with Crippen LogP contribution in [0, 0.1) is 5.82 Å². The molecule has 0 aromatic heterocycles. The van der Waals surface area contributed by atoms with E-state index in [2.05, 4.69) is 10.2 Å². The number of amides is 1. The summed E-state index contributed by atoms with van der Waals surface area (Å²) in [5, 5.41) is 3.46. The van der Waals surface area contributed by atoms with Gasteiger partial charge in [-0.1, -0.05) is 29.8 Å². The van der Waals surface area contributed by atoms with Gasteiger partial charge in [0.2, 0.25) is 5.91 Å². The Kier molecular flexibility index (Phi) is 6.02. The van der Waals surface area contributed by atoms with Crippen molar-refractivity contribution in [1.29, 1.82) is 0 Å². The first-order valence-corrected chi connectivity index (χ1v) is 8.61. The van der Waals surface area contributed by atoms with E-state index in [0.29, 0.717) is 10.7 Å². The molecule has 1 amide bonds. The van der Waals surface area contributed by atoms with Crippen molar-refractivity contribution < 1.29 is 13.9 Å². The van der Waals surface area contributed by atoms with Crippen LogP contribution < -0.4 is 5.32 Å². The van der Waals surface area contributed by atoms with Crippen molar-refractivity contribution >= 4 is 23.2 Å². The second-order valence-electron chi connectivity index (χ2n) is 6.05. The Balaban J connectivity index is 1.58. The van der Waals surface area contributed by atoms with Crippen molar-refractivity contribution in [3.05, 3.63) is 64.4 Å². The Morgan fingerprint density at radius 2 is 1.88 bits per heavy atom. The lowest BCUT2D eigenvalue weighted by atomic mass is 10.1. The number of halogens is 2. The molecular weight excluding hydrogens is 343 g/mol. The lowest BCUT2D eigenvalue weighted by molar-refractivity contribution is -0.115. The second-order valence-corrected chi connectivity index (χ2v) is 6.45. The van der Waals surface area contributed by atoms with Gasteiger partial charge in [-0.25, -0.2) is 4.39 Å². The van der Waals surface area contributed by atoms with E-state index in [9.17, 15) is 9.18 Å². The van der Waals surface area contributed by atoms with Crippen LogP contribution in [-0.2, 0) is 22.5 Å². The Labute approximate surface area is 151 Å². The molecule has 0 unspecified atom stereocenters. The molecule has 132 valence electrons. The van der Waals surface area contributed by atoms with Crippen LogP contribution in [0.15, 0.2) is 42.5 Å². The van der Waals surface area contributed by atoms with Crippen LogP contribution in [0.3, 0.4) is 0 Å². The third-order valence-electron chi connectivity index (χ3n) is 4.11. The highest BCUT2D eigenvalue weighted by molar-refractivity contribution is 6.31. The minimum Gasteiger partial charge on any atom is -0.379 e. The summed E-state index contributed by atoms with van der Waals surface area (Å²) in [5.74, 6) is -0.476. The molecule has 25 heavy (non-hydrogen) atoms. The van der Waals surface area contributed by atoms with Crippen LogP contribution in [0.1, 0.15) is 11.1 Å². The van der Waals surface area contributed by atoms with Gasteiger partial charge in [0, 0.05) is 30.3 Å². The second kappa shape index (κ2) is 8.43. The highest BCUT2D eigenvalue weighted by atomic mass is 35.5. The number of anilines is 1. The van der Waals surface area contributed by atoms with Crippen LogP contribution in [0.2, 0.25) is 5.02 Å². The van der Waals surface area contributed by atoms with Crippen molar-refractivity contribution in [2.75, 3.05) is 31.6 Å². The van der Waals surface area contributed by atoms with Crippen molar-refractivity contribution in [3.63, 3.8) is 0 Å². The molecule has 1 fully saturated rings. The first kappa shape index (κ1) is 17.9. The maximum Gasteiger partial charge on any atom is 0.228 e. The molecular formula is C19H20ClFN2O2. The Bertz CT molecular complexity index is 731. The number of hydrogen-bond donors (Lipinski definition) is 1. The molecule has 2 aromatic rings. The van der Waals surface area contributed by atoms with Crippen LogP contribution in [0.5, 0.6) is 0 Å². The van der Waals surface area contributed by atoms with E-state index in [1.165, 1.54) is 12.1 Å². The zero-order chi connectivity index (χ0) is 17.6. The smallest absolute Gasteiger partial charge is 0.228 e. The van der Waals surface area contributed by atoms with Crippen LogP contribution in [-0.4, -0.2) is 37.1 Å². The third kappa shape index (κ3) is 5.26. The van der Waals surface area contributed by atoms with E-state index in [-0.39, 0.29) is 18.1 Å². The standard InChI is InChI=1S/C19H20ClFN2O2/c20-18-12-17(6-3-15(18)13-23-7-9-25-10-8-23)22-19(24)11-14-1-4-16(21)5-2-14/h1-6,12H,7-11,13H2,(H,22,24). The van der Waals surface area contributed by atoms with Gasteiger partial charge in [-0.2, -0.15) is 0 Å². The fourth-order valence-corrected chi connectivity index (χ4v) is 2.99. The van der Waals surface area contributed by atoms with E-state index in [1.54, 1.807) is 18.2 Å². The number of nitrogens with zero attached hydrogens (tertiary/aromatic N) is 1. The molecule has 1 saturated heterocycles. The number of nitrogens with one attached hydrogen (secondary N) is 1. The summed E-state index contributed by atoms with van der Waals surface area (Å²) in [4.78, 5) is 14.4. The van der Waals surface area contributed by atoms with Gasteiger partial charge in [-0.3, -0.25) is 9.69 Å². The van der Waals surface area contributed by atoms with Gasteiger partial charge in [0.15, 0.2) is 0 Å². The zero-order valence-corrected chi connectivity index (χ0v) is 14.6. The molecule has 2 aromatic carbocycles. The molecule has 0 bridgehead atoms. The Hall–Kier alpha value is -1.95. The molecule has 1 N–H and O–H groups in total. The lowest BCUT2D eigenvalue weighted by Crippen LogP contribution is -2.35. The average molecular weight is 363 g/mol. The predicted octanol–water partition coefficient (Wildman–Crippen LogP) is 3.49. The summed E-state index contributed by atoms with van der Waals surface area (Å²) in [6, 6.07) is 11.5. The number of morpholine rings is 1. The first-order valence-electron chi connectivity index (χ1n) is 8.23. The summed E-state index contributed by atoms with van der Waals surface area (Å²) in [6.07, 6.45) is 0.188. The highest BCUT2D eigenvalue weighted by Gasteiger charge is 2.13. The molecule has 1 heterocycles. The van der Waals surface area contributed by atoms with Gasteiger partial charge in [0.05, 0.1) is 19.6 Å². The fraction of sp³-hybridized carbons (Fsp3) is 0.316. The average Bonchev–Trinajstić information content (AvgIpc) is 2.60. The number of benzene rings is 2. The molecule has 0 spiro atoms. The minimum atomic E-state index is -0.313. The van der Waals surface area contributed by atoms with E-state index >= 15 is 0 Å². The molecule has 0 aliphatic carbocycles. The van der Waals surface area contributed by atoms with Gasteiger partial charge in [-0.05, 0) is 35.4 Å². The molecule has 4 nitrogen and oxygen atoms in total. The monoisotopic (exact) mass is 362 g/mol. The molecule has 0 atom stereocenters. The molecule has 0 radical (unpaired) electrons. The predicted molar refractivity (Wildman–Crippen MR) is 96.3 cm³/mol. The number of carbonyl (C=O) groups is 1. The molecule has 1 aliphatic rings. The van der Waals surface area contributed by atoms with Crippen LogP contribution in [0.25, 0.3) is 0 Å². The van der Waals surface area contributed by atoms with E-state index in [0.717, 1.165) is 44.0 Å². The van der Waals surface area contributed by atoms with Crippen molar-refractivity contribution in [2.24, 2.45) is 0 Å². The Morgan fingerprint density at radius 3 is 2.56 bits per heavy atom. The van der Waals surface area contributed by atoms with Crippen molar-refractivity contribution in [1.82, 2.24) is 4.90 Å². The number of ether oxygens (including phenoxy) is 1. The van der Waals surface area contributed by atoms with Crippen LogP contribution >= 0.6 is 11.6 Å². The largest absolute Gasteiger partial charge is 0.379 e. The van der Waals surface area contributed by atoms with Crippen LogP contribution in [0.4, 0.5) is 10.1 Å². The SMILES string of the molecule is O=C(Cc1ccc(F)cc1)Nc1ccc(CN2CCOCC2)c(Cl)c1. The van der Waals surface area contributed by atoms with E-state index in [4.69, 9.17) is 16.3 Å². The molecule has 6 heteroatoms. The minimum absolute atomic E-state index is 0.163. The number of rotatable bonds is 5. The van der Waals surface area contributed by atoms with Gasteiger partial charge >= 0.3 is 0 Å². The number of carbonyl (C=O) groups excluding carboxylic acids is 1. The van der Waals surface area contributed by atoms with Gasteiger partial charge in [0.1, 0.15) is 5.82 Å². The van der Waals surface area contributed by atoms with E-state index in [1.807, 2.05) is 12.1 Å². The normalized spacial score (nSPS) is 15.1. The summed E-state index contributed by atoms with van der Waals surface area (Å²) in [7, 11) is 0. The maximum atomic E-state index is 12.9. The van der Waals surface area contributed by atoms with Gasteiger partial charge in [-0.15, -0.1) is 0 Å². The third-order valence-corrected chi connectivity index (χ3v) is 4.46. The Morgan fingerprint density at radius 1 is 1.16 bits per heavy atom. The summed E-state index contributed by atoms with van der Waals surface area (Å²) in [5.41, 5.74) is 2.44. The number of hydrogen-bond acceptors (Lipinski definition) is 3. The summed E-state index contributed by atoms with van der Waals surface area (Å²) < 4.78 is 18.2. The molecule has 1 aliphatic heterocycles.